The molecule has 13 heavy (non-hydrogen) atoms. The third-order valence-corrected chi connectivity index (χ3v) is 2.44. The highest BCUT2D eigenvalue weighted by atomic mass is 35.5. The summed E-state index contributed by atoms with van der Waals surface area (Å²) in [4.78, 5) is 4.32. The monoisotopic (exact) mass is 194 g/mol. The van der Waals surface area contributed by atoms with Crippen LogP contribution in [0.25, 0.3) is 0 Å². The SMILES string of the molecule is ClN1CCN=C1Cc1ccccc1. The Morgan fingerprint density at radius 1 is 1.31 bits per heavy atom. The van der Waals surface area contributed by atoms with Gasteiger partial charge in [-0.15, -0.1) is 0 Å². The van der Waals surface area contributed by atoms with Crippen molar-refractivity contribution in [2.75, 3.05) is 13.1 Å². The summed E-state index contributed by atoms with van der Waals surface area (Å²) >= 11 is 5.93. The van der Waals surface area contributed by atoms with E-state index >= 15 is 0 Å². The molecule has 0 aliphatic carbocycles. The summed E-state index contributed by atoms with van der Waals surface area (Å²) in [5, 5.41) is 0. The average molecular weight is 195 g/mol. The van der Waals surface area contributed by atoms with E-state index in [0.29, 0.717) is 0 Å². The summed E-state index contributed by atoms with van der Waals surface area (Å²) < 4.78 is 1.70. The van der Waals surface area contributed by atoms with E-state index in [1.807, 2.05) is 18.2 Å². The van der Waals surface area contributed by atoms with E-state index in [1.54, 1.807) is 4.42 Å². The summed E-state index contributed by atoms with van der Waals surface area (Å²) in [7, 11) is 0. The molecule has 0 amide bonds. The van der Waals surface area contributed by atoms with E-state index in [2.05, 4.69) is 17.1 Å². The van der Waals surface area contributed by atoms with Crippen LogP contribution in [0.5, 0.6) is 0 Å². The van der Waals surface area contributed by atoms with Gasteiger partial charge in [0, 0.05) is 18.2 Å². The second kappa shape index (κ2) is 3.79. The summed E-state index contributed by atoms with van der Waals surface area (Å²) in [6.45, 7) is 1.66. The van der Waals surface area contributed by atoms with Crippen LogP contribution in [-0.2, 0) is 6.42 Å². The Balaban J connectivity index is 2.06. The van der Waals surface area contributed by atoms with Gasteiger partial charge in [0.1, 0.15) is 5.84 Å². The number of aliphatic imine (C=N–C) groups is 1. The highest BCUT2D eigenvalue weighted by Crippen LogP contribution is 2.10. The molecule has 1 aromatic carbocycles. The Labute approximate surface area is 83.0 Å². The highest BCUT2D eigenvalue weighted by molar-refractivity contribution is 6.22. The predicted molar refractivity (Wildman–Crippen MR) is 55.0 cm³/mol. The van der Waals surface area contributed by atoms with Gasteiger partial charge in [0.25, 0.3) is 0 Å². The molecular weight excluding hydrogens is 184 g/mol. The summed E-state index contributed by atoms with van der Waals surface area (Å²) in [6, 6.07) is 10.3. The zero-order valence-corrected chi connectivity index (χ0v) is 8.04. The Morgan fingerprint density at radius 2 is 2.08 bits per heavy atom. The predicted octanol–water partition coefficient (Wildman–Crippen LogP) is 2.10. The molecule has 0 saturated heterocycles. The topological polar surface area (TPSA) is 15.6 Å². The van der Waals surface area contributed by atoms with Gasteiger partial charge in [0.2, 0.25) is 0 Å². The molecular formula is C10H11ClN2. The Bertz CT molecular complexity index is 308. The fourth-order valence-corrected chi connectivity index (χ4v) is 1.58. The molecule has 0 radical (unpaired) electrons. The summed E-state index contributed by atoms with van der Waals surface area (Å²) in [5.41, 5.74) is 1.26. The molecule has 0 bridgehead atoms. The molecule has 2 rings (SSSR count). The first-order valence-corrected chi connectivity index (χ1v) is 4.70. The first kappa shape index (κ1) is 8.57. The minimum atomic E-state index is 0.825. The van der Waals surface area contributed by atoms with Gasteiger partial charge < -0.3 is 0 Å². The molecule has 1 aromatic rings. The van der Waals surface area contributed by atoms with Crippen LogP contribution in [0, 0.1) is 0 Å². The van der Waals surface area contributed by atoms with Crippen molar-refractivity contribution in [3.63, 3.8) is 0 Å². The van der Waals surface area contributed by atoms with Crippen molar-refractivity contribution in [3.05, 3.63) is 35.9 Å². The largest absolute Gasteiger partial charge is 0.271 e. The third-order valence-electron chi connectivity index (χ3n) is 2.08. The quantitative estimate of drug-likeness (QED) is 0.659. The van der Waals surface area contributed by atoms with E-state index in [1.165, 1.54) is 5.56 Å². The standard InChI is InChI=1S/C10H11ClN2/c11-13-7-6-12-10(13)8-9-4-2-1-3-5-9/h1-5H,6-8H2. The lowest BCUT2D eigenvalue weighted by Gasteiger charge is -2.09. The number of amidine groups is 1. The summed E-state index contributed by atoms with van der Waals surface area (Å²) in [6.07, 6.45) is 0.838. The second-order valence-corrected chi connectivity index (χ2v) is 3.45. The fraction of sp³-hybridized carbons (Fsp3) is 0.300. The maximum atomic E-state index is 5.93. The molecule has 1 heterocycles. The van der Waals surface area contributed by atoms with Crippen LogP contribution in [0.15, 0.2) is 35.3 Å². The minimum absolute atomic E-state index is 0.825. The van der Waals surface area contributed by atoms with Crippen molar-refractivity contribution in [3.8, 4) is 0 Å². The van der Waals surface area contributed by atoms with Gasteiger partial charge in [0.05, 0.1) is 13.1 Å². The lowest BCUT2D eigenvalue weighted by molar-refractivity contribution is 0.708. The number of rotatable bonds is 2. The van der Waals surface area contributed by atoms with Gasteiger partial charge in [-0.2, -0.15) is 0 Å². The van der Waals surface area contributed by atoms with E-state index < -0.39 is 0 Å². The molecule has 0 N–H and O–H groups in total. The van der Waals surface area contributed by atoms with Crippen molar-refractivity contribution < 1.29 is 0 Å². The number of nitrogens with zero attached hydrogens (tertiary/aromatic N) is 2. The van der Waals surface area contributed by atoms with Crippen LogP contribution >= 0.6 is 11.8 Å². The molecule has 0 atom stereocenters. The van der Waals surface area contributed by atoms with E-state index in [4.69, 9.17) is 11.8 Å². The molecule has 0 fully saturated rings. The lowest BCUT2D eigenvalue weighted by atomic mass is 10.1. The van der Waals surface area contributed by atoms with Crippen LogP contribution < -0.4 is 0 Å². The van der Waals surface area contributed by atoms with Crippen molar-refractivity contribution in [1.29, 1.82) is 0 Å². The molecule has 68 valence electrons. The third kappa shape index (κ3) is 2.01. The normalized spacial score (nSPS) is 16.1. The van der Waals surface area contributed by atoms with Crippen LogP contribution in [0.3, 0.4) is 0 Å². The molecule has 0 unspecified atom stereocenters. The van der Waals surface area contributed by atoms with Crippen molar-refractivity contribution in [2.24, 2.45) is 4.99 Å². The number of hydrogen-bond donors (Lipinski definition) is 0. The van der Waals surface area contributed by atoms with E-state index in [-0.39, 0.29) is 0 Å². The molecule has 2 nitrogen and oxygen atoms in total. The van der Waals surface area contributed by atoms with Crippen molar-refractivity contribution >= 4 is 17.6 Å². The average Bonchev–Trinajstić information content (AvgIpc) is 2.54. The minimum Gasteiger partial charge on any atom is -0.271 e. The zero-order valence-electron chi connectivity index (χ0n) is 7.28. The van der Waals surface area contributed by atoms with E-state index in [0.717, 1.165) is 25.3 Å². The first-order chi connectivity index (χ1) is 6.36. The molecule has 0 aromatic heterocycles. The first-order valence-electron chi connectivity index (χ1n) is 4.37. The maximum absolute atomic E-state index is 5.93. The lowest BCUT2D eigenvalue weighted by Crippen LogP contribution is -2.18. The van der Waals surface area contributed by atoms with Crippen LogP contribution in [0.4, 0.5) is 0 Å². The van der Waals surface area contributed by atoms with Gasteiger partial charge in [0.15, 0.2) is 0 Å². The van der Waals surface area contributed by atoms with Crippen LogP contribution in [-0.4, -0.2) is 23.3 Å². The van der Waals surface area contributed by atoms with Crippen molar-refractivity contribution in [2.45, 2.75) is 6.42 Å². The van der Waals surface area contributed by atoms with Gasteiger partial charge >= 0.3 is 0 Å². The van der Waals surface area contributed by atoms with E-state index in [9.17, 15) is 0 Å². The molecule has 1 aliphatic rings. The molecule has 0 spiro atoms. The fourth-order valence-electron chi connectivity index (χ4n) is 1.39. The molecule has 1 aliphatic heterocycles. The number of halogens is 1. The smallest absolute Gasteiger partial charge is 0.118 e. The Morgan fingerprint density at radius 3 is 2.69 bits per heavy atom. The van der Waals surface area contributed by atoms with Crippen molar-refractivity contribution in [1.82, 2.24) is 4.42 Å². The van der Waals surface area contributed by atoms with Crippen LogP contribution in [0.1, 0.15) is 5.56 Å². The molecule has 3 heteroatoms. The zero-order chi connectivity index (χ0) is 9.10. The van der Waals surface area contributed by atoms with Gasteiger partial charge in [-0.1, -0.05) is 30.3 Å². The van der Waals surface area contributed by atoms with Gasteiger partial charge in [-0.05, 0) is 5.56 Å². The number of benzene rings is 1. The Kier molecular flexibility index (Phi) is 2.50. The second-order valence-electron chi connectivity index (χ2n) is 3.05. The molecule has 0 saturated carbocycles. The Hall–Kier alpha value is -1.02. The highest BCUT2D eigenvalue weighted by Gasteiger charge is 2.14. The van der Waals surface area contributed by atoms with Crippen LogP contribution in [0.2, 0.25) is 0 Å². The summed E-state index contributed by atoms with van der Waals surface area (Å²) in [5.74, 6) is 0.980. The van der Waals surface area contributed by atoms with Gasteiger partial charge in [-0.25, -0.2) is 0 Å². The maximum Gasteiger partial charge on any atom is 0.118 e. The van der Waals surface area contributed by atoms with Gasteiger partial charge in [-0.3, -0.25) is 9.41 Å². The number of hydrogen-bond acceptors (Lipinski definition) is 2.